The molecule has 1 N–H and O–H groups in total. The average Bonchev–Trinajstić information content (AvgIpc) is 2.43. The van der Waals surface area contributed by atoms with Gasteiger partial charge >= 0.3 is 5.97 Å². The molecule has 0 saturated carbocycles. The van der Waals surface area contributed by atoms with E-state index in [1.54, 1.807) is 10.6 Å². The van der Waals surface area contributed by atoms with E-state index >= 15 is 0 Å². The molecular weight excluding hydrogens is 271 g/mol. The molecule has 2 aromatic rings. The molecule has 0 aliphatic rings. The summed E-state index contributed by atoms with van der Waals surface area (Å²) in [6.07, 6.45) is 4.61. The van der Waals surface area contributed by atoms with Gasteiger partial charge in [0, 0.05) is 12.4 Å². The molecule has 0 aliphatic carbocycles. The number of hydrogen-bond donors (Lipinski definition) is 1. The third kappa shape index (κ3) is 1.38. The molecule has 0 atom stereocenters. The Labute approximate surface area is 92.3 Å². The van der Waals surface area contributed by atoms with Crippen LogP contribution in [0.4, 0.5) is 0 Å². The Morgan fingerprint density at radius 3 is 2.93 bits per heavy atom. The fourth-order valence-corrected chi connectivity index (χ4v) is 1.77. The number of carbonyl (C=O) groups is 1. The lowest BCUT2D eigenvalue weighted by atomic mass is 10.3. The number of fused-ring (bicyclic) bond motifs is 1. The van der Waals surface area contributed by atoms with Crippen molar-refractivity contribution >= 4 is 39.0 Å². The first-order valence-corrected chi connectivity index (χ1v) is 4.81. The number of nitrogens with zero attached hydrogens (tertiary/aromatic N) is 2. The second kappa shape index (κ2) is 3.25. The van der Waals surface area contributed by atoms with E-state index in [4.69, 9.17) is 16.7 Å². The minimum absolute atomic E-state index is 0.0755. The first-order chi connectivity index (χ1) is 6.59. The summed E-state index contributed by atoms with van der Waals surface area (Å²) in [5, 5.41) is 9.01. The van der Waals surface area contributed by atoms with Crippen molar-refractivity contribution in [2.45, 2.75) is 0 Å². The third-order valence-corrected chi connectivity index (χ3v) is 2.60. The number of aromatic nitrogens is 2. The van der Waals surface area contributed by atoms with Crippen LogP contribution in [-0.2, 0) is 0 Å². The number of halogens is 2. The maximum Gasteiger partial charge on any atom is 0.338 e. The minimum Gasteiger partial charge on any atom is -0.478 e. The number of aromatic carboxylic acids is 1. The van der Waals surface area contributed by atoms with Crippen LogP contribution >= 0.6 is 27.5 Å². The summed E-state index contributed by atoms with van der Waals surface area (Å²) in [4.78, 5) is 14.7. The summed E-state index contributed by atoms with van der Waals surface area (Å²) in [6, 6.07) is 0. The lowest BCUT2D eigenvalue weighted by Crippen LogP contribution is -1.93. The molecule has 0 amide bonds. The Morgan fingerprint density at radius 2 is 2.29 bits per heavy atom. The van der Waals surface area contributed by atoms with Crippen LogP contribution in [0.3, 0.4) is 0 Å². The normalized spacial score (nSPS) is 10.7. The van der Waals surface area contributed by atoms with Crippen LogP contribution in [-0.4, -0.2) is 20.5 Å². The monoisotopic (exact) mass is 274 g/mol. The van der Waals surface area contributed by atoms with Crippen molar-refractivity contribution in [3.05, 3.63) is 33.8 Å². The Kier molecular flexibility index (Phi) is 2.20. The molecule has 0 aromatic carbocycles. The van der Waals surface area contributed by atoms with Gasteiger partial charge in [0.2, 0.25) is 0 Å². The lowest BCUT2D eigenvalue weighted by Gasteiger charge is -1.93. The molecule has 72 valence electrons. The van der Waals surface area contributed by atoms with Crippen LogP contribution < -0.4 is 0 Å². The second-order valence-corrected chi connectivity index (χ2v) is 3.85. The van der Waals surface area contributed by atoms with Gasteiger partial charge in [0.1, 0.15) is 4.60 Å². The van der Waals surface area contributed by atoms with Gasteiger partial charge in [0.25, 0.3) is 0 Å². The molecule has 0 saturated heterocycles. The third-order valence-electron chi connectivity index (χ3n) is 1.79. The quantitative estimate of drug-likeness (QED) is 0.870. The van der Waals surface area contributed by atoms with Gasteiger partial charge in [-0.1, -0.05) is 11.6 Å². The van der Waals surface area contributed by atoms with Crippen LogP contribution in [0.1, 0.15) is 10.4 Å². The molecule has 0 fully saturated rings. The van der Waals surface area contributed by atoms with Gasteiger partial charge in [-0.15, -0.1) is 0 Å². The number of carboxylic acids is 1. The van der Waals surface area contributed by atoms with Gasteiger partial charge in [-0.25, -0.2) is 9.78 Å². The maximum absolute atomic E-state index is 10.7. The zero-order chi connectivity index (χ0) is 10.3. The molecule has 0 aliphatic heterocycles. The van der Waals surface area contributed by atoms with E-state index in [-0.39, 0.29) is 10.6 Å². The maximum atomic E-state index is 10.7. The largest absolute Gasteiger partial charge is 0.478 e. The van der Waals surface area contributed by atoms with Crippen LogP contribution in [0.2, 0.25) is 5.02 Å². The number of hydrogen-bond acceptors (Lipinski definition) is 2. The SMILES string of the molecule is O=C(O)c1cn2cc(Br)ncc2c1Cl. The van der Waals surface area contributed by atoms with E-state index < -0.39 is 5.97 Å². The molecule has 2 heterocycles. The van der Waals surface area contributed by atoms with Gasteiger partial charge in [-0.3, -0.25) is 0 Å². The Bertz CT molecular complexity index is 523. The van der Waals surface area contributed by atoms with E-state index in [0.717, 1.165) is 0 Å². The summed E-state index contributed by atoms with van der Waals surface area (Å²) >= 11 is 9.03. The predicted octanol–water partition coefficient (Wildman–Crippen LogP) is 2.45. The Hall–Kier alpha value is -1.07. The molecule has 0 unspecified atom stereocenters. The first kappa shape index (κ1) is 9.48. The van der Waals surface area contributed by atoms with Crippen LogP contribution in [0.5, 0.6) is 0 Å². The highest BCUT2D eigenvalue weighted by molar-refractivity contribution is 9.10. The summed E-state index contributed by atoms with van der Waals surface area (Å²) in [7, 11) is 0. The average molecular weight is 275 g/mol. The fourth-order valence-electron chi connectivity index (χ4n) is 1.17. The van der Waals surface area contributed by atoms with E-state index in [1.165, 1.54) is 12.4 Å². The van der Waals surface area contributed by atoms with Crippen molar-refractivity contribution in [3.8, 4) is 0 Å². The number of rotatable bonds is 1. The van der Waals surface area contributed by atoms with E-state index in [0.29, 0.717) is 10.1 Å². The van der Waals surface area contributed by atoms with Crippen LogP contribution in [0, 0.1) is 0 Å². The molecule has 0 radical (unpaired) electrons. The number of carboxylic acid groups (broad SMARTS) is 1. The lowest BCUT2D eigenvalue weighted by molar-refractivity contribution is 0.0697. The topological polar surface area (TPSA) is 54.6 Å². The second-order valence-electron chi connectivity index (χ2n) is 2.66. The molecule has 0 spiro atoms. The fraction of sp³-hybridized carbons (Fsp3) is 0. The Morgan fingerprint density at radius 1 is 1.57 bits per heavy atom. The van der Waals surface area contributed by atoms with Gasteiger partial charge in [0.05, 0.1) is 22.3 Å². The highest BCUT2D eigenvalue weighted by Gasteiger charge is 2.14. The highest BCUT2D eigenvalue weighted by atomic mass is 79.9. The summed E-state index contributed by atoms with van der Waals surface area (Å²) < 4.78 is 2.23. The van der Waals surface area contributed by atoms with E-state index in [1.807, 2.05) is 0 Å². The highest BCUT2D eigenvalue weighted by Crippen LogP contribution is 2.24. The first-order valence-electron chi connectivity index (χ1n) is 3.64. The molecule has 14 heavy (non-hydrogen) atoms. The molecule has 6 heteroatoms. The van der Waals surface area contributed by atoms with Crippen molar-refractivity contribution in [2.24, 2.45) is 0 Å². The van der Waals surface area contributed by atoms with Crippen molar-refractivity contribution in [1.29, 1.82) is 0 Å². The summed E-state index contributed by atoms with van der Waals surface area (Å²) in [5.41, 5.74) is 0.652. The molecular formula is C8H4BrClN2O2. The van der Waals surface area contributed by atoms with Gasteiger partial charge in [-0.2, -0.15) is 0 Å². The molecule has 0 bridgehead atoms. The van der Waals surface area contributed by atoms with Crippen molar-refractivity contribution < 1.29 is 9.90 Å². The summed E-state index contributed by atoms with van der Waals surface area (Å²) in [5.74, 6) is -1.05. The Balaban J connectivity index is 2.79. The van der Waals surface area contributed by atoms with Gasteiger partial charge < -0.3 is 9.51 Å². The molecule has 4 nitrogen and oxygen atoms in total. The van der Waals surface area contributed by atoms with Crippen LogP contribution in [0.15, 0.2) is 23.2 Å². The zero-order valence-corrected chi connectivity index (χ0v) is 9.08. The predicted molar refractivity (Wildman–Crippen MR) is 54.9 cm³/mol. The van der Waals surface area contributed by atoms with Crippen molar-refractivity contribution in [1.82, 2.24) is 9.38 Å². The van der Waals surface area contributed by atoms with Crippen molar-refractivity contribution in [3.63, 3.8) is 0 Å². The smallest absolute Gasteiger partial charge is 0.338 e. The van der Waals surface area contributed by atoms with E-state index in [2.05, 4.69) is 20.9 Å². The molecule has 2 rings (SSSR count). The standard InChI is InChI=1S/C8H4BrClN2O2/c9-6-3-12-2-4(8(13)14)7(10)5(12)1-11-6/h1-3H,(H,13,14). The minimum atomic E-state index is -1.05. The van der Waals surface area contributed by atoms with Crippen LogP contribution in [0.25, 0.3) is 5.52 Å². The summed E-state index contributed by atoms with van der Waals surface area (Å²) in [6.45, 7) is 0. The molecule has 2 aromatic heterocycles. The van der Waals surface area contributed by atoms with Gasteiger partial charge in [0.15, 0.2) is 0 Å². The zero-order valence-electron chi connectivity index (χ0n) is 6.74. The van der Waals surface area contributed by atoms with Crippen molar-refractivity contribution in [2.75, 3.05) is 0 Å². The van der Waals surface area contributed by atoms with E-state index in [9.17, 15) is 4.79 Å². The van der Waals surface area contributed by atoms with Gasteiger partial charge in [-0.05, 0) is 15.9 Å².